The number of halogens is 2. The summed E-state index contributed by atoms with van der Waals surface area (Å²) in [6, 6.07) is 13.6. The van der Waals surface area contributed by atoms with Gasteiger partial charge in [-0.2, -0.15) is 0 Å². The number of nitrogens with one attached hydrogen (secondary N) is 1. The molecule has 0 saturated heterocycles. The molecular formula is C16H15ClFNOS. The highest BCUT2D eigenvalue weighted by atomic mass is 35.5. The molecule has 0 aliphatic carbocycles. The van der Waals surface area contributed by atoms with Crippen LogP contribution in [0.4, 0.5) is 4.39 Å². The van der Waals surface area contributed by atoms with Crippen LogP contribution in [0, 0.1) is 5.82 Å². The molecule has 21 heavy (non-hydrogen) atoms. The Bertz CT molecular complexity index is 618. The van der Waals surface area contributed by atoms with Gasteiger partial charge in [0.2, 0.25) is 5.91 Å². The summed E-state index contributed by atoms with van der Waals surface area (Å²) in [6.45, 7) is 1.90. The zero-order valence-electron chi connectivity index (χ0n) is 11.5. The van der Waals surface area contributed by atoms with Crippen LogP contribution in [0.5, 0.6) is 0 Å². The first-order valence-corrected chi connectivity index (χ1v) is 7.85. The highest BCUT2D eigenvalue weighted by Crippen LogP contribution is 2.21. The number of hydrogen-bond acceptors (Lipinski definition) is 2. The summed E-state index contributed by atoms with van der Waals surface area (Å²) < 4.78 is 13.4. The van der Waals surface area contributed by atoms with Crippen molar-refractivity contribution in [1.82, 2.24) is 5.32 Å². The summed E-state index contributed by atoms with van der Waals surface area (Å²) in [7, 11) is 0. The number of benzene rings is 2. The van der Waals surface area contributed by atoms with E-state index < -0.39 is 0 Å². The van der Waals surface area contributed by atoms with E-state index in [-0.39, 0.29) is 23.5 Å². The number of thioether (sulfide) groups is 1. The Balaban J connectivity index is 1.87. The third kappa shape index (κ3) is 4.76. The van der Waals surface area contributed by atoms with Crippen molar-refractivity contribution in [3.63, 3.8) is 0 Å². The van der Waals surface area contributed by atoms with E-state index in [4.69, 9.17) is 11.6 Å². The maximum atomic E-state index is 13.4. The monoisotopic (exact) mass is 323 g/mol. The fourth-order valence-corrected chi connectivity index (χ4v) is 2.70. The van der Waals surface area contributed by atoms with Crippen LogP contribution >= 0.6 is 23.4 Å². The minimum absolute atomic E-state index is 0.115. The molecule has 1 unspecified atom stereocenters. The molecule has 0 aliphatic heterocycles. The lowest BCUT2D eigenvalue weighted by Gasteiger charge is -2.14. The van der Waals surface area contributed by atoms with E-state index in [0.29, 0.717) is 9.92 Å². The Morgan fingerprint density at radius 1 is 1.24 bits per heavy atom. The number of hydrogen-bond donors (Lipinski definition) is 1. The van der Waals surface area contributed by atoms with Crippen molar-refractivity contribution >= 4 is 29.3 Å². The number of amides is 1. The lowest BCUT2D eigenvalue weighted by molar-refractivity contribution is -0.119. The van der Waals surface area contributed by atoms with Crippen molar-refractivity contribution in [2.24, 2.45) is 0 Å². The summed E-state index contributed by atoms with van der Waals surface area (Å²) in [5, 5.41) is 3.54. The van der Waals surface area contributed by atoms with Gasteiger partial charge in [0.15, 0.2) is 0 Å². The maximum absolute atomic E-state index is 13.4. The minimum Gasteiger partial charge on any atom is -0.349 e. The third-order valence-corrected chi connectivity index (χ3v) is 4.24. The first kappa shape index (κ1) is 15.9. The topological polar surface area (TPSA) is 29.1 Å². The third-order valence-electron chi connectivity index (χ3n) is 2.94. The van der Waals surface area contributed by atoms with Gasteiger partial charge in [0, 0.05) is 9.92 Å². The summed E-state index contributed by atoms with van der Waals surface area (Å²) in [6.07, 6.45) is 0. The zero-order valence-corrected chi connectivity index (χ0v) is 13.0. The van der Waals surface area contributed by atoms with Gasteiger partial charge in [-0.15, -0.1) is 11.8 Å². The minimum atomic E-state index is -0.305. The predicted octanol–water partition coefficient (Wildman–Crippen LogP) is 4.45. The van der Waals surface area contributed by atoms with Crippen molar-refractivity contribution in [2.45, 2.75) is 17.9 Å². The van der Waals surface area contributed by atoms with Gasteiger partial charge in [0.1, 0.15) is 5.82 Å². The molecule has 0 bridgehead atoms. The fourth-order valence-electron chi connectivity index (χ4n) is 1.82. The second-order valence-electron chi connectivity index (χ2n) is 4.56. The van der Waals surface area contributed by atoms with E-state index >= 15 is 0 Å². The van der Waals surface area contributed by atoms with Gasteiger partial charge in [0.05, 0.1) is 11.8 Å². The van der Waals surface area contributed by atoms with Crippen LogP contribution in [0.1, 0.15) is 18.5 Å². The lowest BCUT2D eigenvalue weighted by atomic mass is 10.1. The Kier molecular flexibility index (Phi) is 5.65. The number of carbonyl (C=O) groups excluding carboxylic acids is 1. The Hall–Kier alpha value is -1.52. The molecule has 0 aromatic heterocycles. The first-order chi connectivity index (χ1) is 10.1. The summed E-state index contributed by atoms with van der Waals surface area (Å²) >= 11 is 7.01. The molecule has 2 aromatic rings. The molecule has 0 radical (unpaired) electrons. The van der Waals surface area contributed by atoms with Crippen LogP contribution in [0.3, 0.4) is 0 Å². The molecule has 2 aromatic carbocycles. The quantitative estimate of drug-likeness (QED) is 0.824. The largest absolute Gasteiger partial charge is 0.349 e. The molecule has 0 aliphatic rings. The molecule has 0 heterocycles. The van der Waals surface area contributed by atoms with Crippen molar-refractivity contribution in [3.8, 4) is 0 Å². The number of carbonyl (C=O) groups is 1. The van der Waals surface area contributed by atoms with Crippen LogP contribution < -0.4 is 5.32 Å². The average Bonchev–Trinajstić information content (AvgIpc) is 2.47. The smallest absolute Gasteiger partial charge is 0.230 e. The molecule has 5 heteroatoms. The molecule has 2 nitrogen and oxygen atoms in total. The Morgan fingerprint density at radius 3 is 2.57 bits per heavy atom. The van der Waals surface area contributed by atoms with Crippen LogP contribution in [-0.4, -0.2) is 11.7 Å². The highest BCUT2D eigenvalue weighted by Gasteiger charge is 2.11. The van der Waals surface area contributed by atoms with Crippen LogP contribution in [0.2, 0.25) is 5.02 Å². The van der Waals surface area contributed by atoms with E-state index in [1.165, 1.54) is 17.8 Å². The SMILES string of the molecule is CC(NC(=O)CSc1ccccc1F)c1ccc(Cl)cc1. The second kappa shape index (κ2) is 7.48. The fraction of sp³-hybridized carbons (Fsp3) is 0.188. The summed E-state index contributed by atoms with van der Waals surface area (Å²) in [5.74, 6) is -0.259. The molecule has 1 N–H and O–H groups in total. The van der Waals surface area contributed by atoms with E-state index in [2.05, 4.69) is 5.32 Å². The Labute approximate surface area is 132 Å². The molecule has 0 spiro atoms. The van der Waals surface area contributed by atoms with Gasteiger partial charge in [0.25, 0.3) is 0 Å². The van der Waals surface area contributed by atoms with Gasteiger partial charge in [-0.25, -0.2) is 4.39 Å². The molecule has 0 fully saturated rings. The van der Waals surface area contributed by atoms with E-state index in [1.807, 2.05) is 19.1 Å². The van der Waals surface area contributed by atoms with Gasteiger partial charge >= 0.3 is 0 Å². The van der Waals surface area contributed by atoms with E-state index in [9.17, 15) is 9.18 Å². The van der Waals surface area contributed by atoms with Gasteiger partial charge < -0.3 is 5.32 Å². The lowest BCUT2D eigenvalue weighted by Crippen LogP contribution is -2.28. The van der Waals surface area contributed by atoms with Gasteiger partial charge in [-0.05, 0) is 36.8 Å². The van der Waals surface area contributed by atoms with Gasteiger partial charge in [-0.1, -0.05) is 35.9 Å². The van der Waals surface area contributed by atoms with Crippen LogP contribution in [-0.2, 0) is 4.79 Å². The van der Waals surface area contributed by atoms with Crippen molar-refractivity contribution in [1.29, 1.82) is 0 Å². The summed E-state index contributed by atoms with van der Waals surface area (Å²) in [4.78, 5) is 12.4. The molecule has 2 rings (SSSR count). The van der Waals surface area contributed by atoms with E-state index in [1.54, 1.807) is 30.3 Å². The first-order valence-electron chi connectivity index (χ1n) is 6.48. The number of rotatable bonds is 5. The van der Waals surface area contributed by atoms with Crippen molar-refractivity contribution in [2.75, 3.05) is 5.75 Å². The molecule has 110 valence electrons. The highest BCUT2D eigenvalue weighted by molar-refractivity contribution is 8.00. The van der Waals surface area contributed by atoms with Crippen LogP contribution in [0.25, 0.3) is 0 Å². The molecular weight excluding hydrogens is 309 g/mol. The molecule has 1 atom stereocenters. The zero-order chi connectivity index (χ0) is 15.2. The molecule has 1 amide bonds. The second-order valence-corrected chi connectivity index (χ2v) is 6.01. The average molecular weight is 324 g/mol. The van der Waals surface area contributed by atoms with E-state index in [0.717, 1.165) is 5.56 Å². The standard InChI is InChI=1S/C16H15ClFNOS/c1-11(12-6-8-13(17)9-7-12)19-16(20)10-21-15-5-3-2-4-14(15)18/h2-9,11H,10H2,1H3,(H,19,20). The Morgan fingerprint density at radius 2 is 1.90 bits per heavy atom. The van der Waals surface area contributed by atoms with Gasteiger partial charge in [-0.3, -0.25) is 4.79 Å². The predicted molar refractivity (Wildman–Crippen MR) is 85.1 cm³/mol. The maximum Gasteiger partial charge on any atom is 0.230 e. The summed E-state index contributed by atoms with van der Waals surface area (Å²) in [5.41, 5.74) is 0.976. The van der Waals surface area contributed by atoms with Crippen molar-refractivity contribution in [3.05, 3.63) is 64.9 Å². The van der Waals surface area contributed by atoms with Crippen molar-refractivity contribution < 1.29 is 9.18 Å². The van der Waals surface area contributed by atoms with Crippen LogP contribution in [0.15, 0.2) is 53.4 Å². The molecule has 0 saturated carbocycles. The normalized spacial score (nSPS) is 12.0.